The van der Waals surface area contributed by atoms with Gasteiger partial charge in [0.1, 0.15) is 0 Å². The Bertz CT molecular complexity index is 372. The van der Waals surface area contributed by atoms with Gasteiger partial charge in [0, 0.05) is 11.4 Å². The van der Waals surface area contributed by atoms with Crippen LogP contribution in [0.3, 0.4) is 0 Å². The molecule has 1 saturated heterocycles. The van der Waals surface area contributed by atoms with Gasteiger partial charge < -0.3 is 15.5 Å². The summed E-state index contributed by atoms with van der Waals surface area (Å²) < 4.78 is 0. The third-order valence-corrected chi connectivity index (χ3v) is 4.31. The molecule has 2 atom stereocenters. The van der Waals surface area contributed by atoms with Crippen molar-refractivity contribution in [2.75, 3.05) is 27.2 Å². The highest BCUT2D eigenvalue weighted by atomic mass is 32.1. The maximum atomic E-state index is 12.0. The van der Waals surface area contributed by atoms with E-state index < -0.39 is 0 Å². The summed E-state index contributed by atoms with van der Waals surface area (Å²) in [6.07, 6.45) is 2.05. The summed E-state index contributed by atoms with van der Waals surface area (Å²) in [7, 11) is 4.09. The van der Waals surface area contributed by atoms with Gasteiger partial charge in [0.05, 0.1) is 12.1 Å². The minimum Gasteiger partial charge on any atom is -0.353 e. The number of amides is 1. The number of nitrogens with one attached hydrogen (secondary N) is 2. The number of hydrogen-bond acceptors (Lipinski definition) is 4. The Hall–Kier alpha value is -0.910. The van der Waals surface area contributed by atoms with Crippen molar-refractivity contribution in [3.05, 3.63) is 22.4 Å². The molecule has 1 aliphatic heterocycles. The average molecular weight is 267 g/mol. The van der Waals surface area contributed by atoms with E-state index in [1.165, 1.54) is 4.88 Å². The first kappa shape index (κ1) is 13.5. The van der Waals surface area contributed by atoms with Crippen LogP contribution in [-0.4, -0.2) is 44.0 Å². The van der Waals surface area contributed by atoms with Gasteiger partial charge in [-0.25, -0.2) is 0 Å². The van der Waals surface area contributed by atoms with E-state index in [0.717, 1.165) is 19.4 Å². The van der Waals surface area contributed by atoms with E-state index in [1.54, 1.807) is 11.3 Å². The number of carbonyl (C=O) groups excluding carboxylic acids is 1. The van der Waals surface area contributed by atoms with Crippen LogP contribution in [0, 0.1) is 0 Å². The van der Waals surface area contributed by atoms with Crippen molar-refractivity contribution in [2.45, 2.75) is 24.9 Å². The molecule has 1 fully saturated rings. The largest absolute Gasteiger partial charge is 0.353 e. The maximum Gasteiger partial charge on any atom is 0.237 e. The molecule has 4 nitrogen and oxygen atoms in total. The molecule has 1 aromatic rings. The van der Waals surface area contributed by atoms with Crippen LogP contribution < -0.4 is 10.6 Å². The highest BCUT2D eigenvalue weighted by Gasteiger charge is 2.23. The van der Waals surface area contributed by atoms with Gasteiger partial charge in [0.25, 0.3) is 0 Å². The molecule has 1 aromatic heterocycles. The summed E-state index contributed by atoms with van der Waals surface area (Å²) >= 11 is 1.73. The minimum atomic E-state index is 0.0103. The van der Waals surface area contributed by atoms with Gasteiger partial charge in [-0.15, -0.1) is 11.3 Å². The Morgan fingerprint density at radius 3 is 3.06 bits per heavy atom. The molecule has 5 heteroatoms. The molecule has 100 valence electrons. The Kier molecular flexibility index (Phi) is 4.74. The maximum absolute atomic E-state index is 12.0. The molecule has 0 saturated carbocycles. The second-order valence-electron chi connectivity index (χ2n) is 4.89. The fraction of sp³-hybridized carbons (Fsp3) is 0.615. The van der Waals surface area contributed by atoms with Crippen molar-refractivity contribution < 1.29 is 4.79 Å². The molecule has 0 aliphatic carbocycles. The lowest BCUT2D eigenvalue weighted by molar-refractivity contribution is -0.123. The van der Waals surface area contributed by atoms with Crippen molar-refractivity contribution in [1.29, 1.82) is 0 Å². The molecular formula is C13H21N3OS. The fourth-order valence-corrected chi connectivity index (χ4v) is 3.17. The second kappa shape index (κ2) is 6.31. The number of nitrogens with zero attached hydrogens (tertiary/aromatic N) is 1. The van der Waals surface area contributed by atoms with E-state index >= 15 is 0 Å². The Labute approximate surface area is 112 Å². The number of rotatable bonds is 5. The quantitative estimate of drug-likeness (QED) is 0.843. The molecule has 0 radical (unpaired) electrons. The van der Waals surface area contributed by atoms with Gasteiger partial charge in [-0.05, 0) is 44.9 Å². The van der Waals surface area contributed by atoms with Gasteiger partial charge in [-0.2, -0.15) is 0 Å². The SMILES string of the molecule is CN(C)C(CNC(=O)C1CCCN1)c1cccs1. The Morgan fingerprint density at radius 1 is 1.67 bits per heavy atom. The lowest BCUT2D eigenvalue weighted by Gasteiger charge is -2.24. The summed E-state index contributed by atoms with van der Waals surface area (Å²) in [4.78, 5) is 15.4. The number of hydrogen-bond donors (Lipinski definition) is 2. The number of thiophene rings is 1. The van der Waals surface area contributed by atoms with Crippen LogP contribution in [0.4, 0.5) is 0 Å². The zero-order valence-corrected chi connectivity index (χ0v) is 11.8. The lowest BCUT2D eigenvalue weighted by Crippen LogP contribution is -2.43. The standard InChI is InChI=1S/C13H21N3OS/c1-16(2)11(12-6-4-8-18-12)9-15-13(17)10-5-3-7-14-10/h4,6,8,10-11,14H,3,5,7,9H2,1-2H3,(H,15,17). The van der Waals surface area contributed by atoms with Crippen molar-refractivity contribution in [3.8, 4) is 0 Å². The first-order chi connectivity index (χ1) is 8.68. The third-order valence-electron chi connectivity index (χ3n) is 3.34. The van der Waals surface area contributed by atoms with Crippen LogP contribution in [0.1, 0.15) is 23.8 Å². The third kappa shape index (κ3) is 3.31. The van der Waals surface area contributed by atoms with Crippen molar-refractivity contribution in [2.24, 2.45) is 0 Å². The van der Waals surface area contributed by atoms with E-state index in [0.29, 0.717) is 6.54 Å². The van der Waals surface area contributed by atoms with Gasteiger partial charge in [-0.3, -0.25) is 4.79 Å². The normalized spacial score (nSPS) is 21.2. The Morgan fingerprint density at radius 2 is 2.50 bits per heavy atom. The summed E-state index contributed by atoms with van der Waals surface area (Å²) in [5, 5.41) is 8.35. The Balaban J connectivity index is 1.88. The molecule has 1 amide bonds. The molecule has 1 aliphatic rings. The molecule has 2 N–H and O–H groups in total. The van der Waals surface area contributed by atoms with E-state index in [4.69, 9.17) is 0 Å². The molecule has 2 rings (SSSR count). The first-order valence-corrected chi connectivity index (χ1v) is 7.27. The monoisotopic (exact) mass is 267 g/mol. The van der Waals surface area contributed by atoms with Crippen molar-refractivity contribution in [3.63, 3.8) is 0 Å². The molecule has 0 spiro atoms. The summed E-state index contributed by atoms with van der Waals surface area (Å²) in [6.45, 7) is 1.63. The topological polar surface area (TPSA) is 44.4 Å². The smallest absolute Gasteiger partial charge is 0.237 e. The summed E-state index contributed by atoms with van der Waals surface area (Å²) in [5.74, 6) is 0.135. The van der Waals surface area contributed by atoms with Crippen LogP contribution in [-0.2, 0) is 4.79 Å². The van der Waals surface area contributed by atoms with Gasteiger partial charge in [0.2, 0.25) is 5.91 Å². The predicted octanol–water partition coefficient (Wildman–Crippen LogP) is 1.22. The van der Waals surface area contributed by atoms with Crippen LogP contribution in [0.2, 0.25) is 0 Å². The number of carbonyl (C=O) groups is 1. The zero-order valence-electron chi connectivity index (χ0n) is 11.0. The van der Waals surface area contributed by atoms with Crippen molar-refractivity contribution >= 4 is 17.2 Å². The minimum absolute atomic E-state index is 0.0103. The van der Waals surface area contributed by atoms with E-state index in [9.17, 15) is 4.79 Å². The van der Waals surface area contributed by atoms with E-state index in [-0.39, 0.29) is 18.0 Å². The van der Waals surface area contributed by atoms with Crippen LogP contribution in [0.5, 0.6) is 0 Å². The van der Waals surface area contributed by atoms with E-state index in [1.807, 2.05) is 14.1 Å². The van der Waals surface area contributed by atoms with Crippen LogP contribution >= 0.6 is 11.3 Å². The van der Waals surface area contributed by atoms with Gasteiger partial charge in [0.15, 0.2) is 0 Å². The average Bonchev–Trinajstić information content (AvgIpc) is 3.01. The molecule has 0 aromatic carbocycles. The lowest BCUT2D eigenvalue weighted by atomic mass is 10.2. The molecule has 2 unspecified atom stereocenters. The van der Waals surface area contributed by atoms with Gasteiger partial charge in [-0.1, -0.05) is 6.07 Å². The zero-order chi connectivity index (χ0) is 13.0. The highest BCUT2D eigenvalue weighted by molar-refractivity contribution is 7.10. The molecule has 0 bridgehead atoms. The second-order valence-corrected chi connectivity index (χ2v) is 5.87. The molecule has 18 heavy (non-hydrogen) atoms. The van der Waals surface area contributed by atoms with Crippen LogP contribution in [0.15, 0.2) is 17.5 Å². The van der Waals surface area contributed by atoms with Gasteiger partial charge >= 0.3 is 0 Å². The van der Waals surface area contributed by atoms with Crippen molar-refractivity contribution in [1.82, 2.24) is 15.5 Å². The van der Waals surface area contributed by atoms with E-state index in [2.05, 4.69) is 33.0 Å². The molecular weight excluding hydrogens is 246 g/mol. The summed E-state index contributed by atoms with van der Waals surface area (Å²) in [5.41, 5.74) is 0. The summed E-state index contributed by atoms with van der Waals surface area (Å²) in [6, 6.07) is 4.44. The van der Waals surface area contributed by atoms with Crippen LogP contribution in [0.25, 0.3) is 0 Å². The number of likely N-dealkylation sites (N-methyl/N-ethyl adjacent to an activating group) is 1. The molecule has 2 heterocycles. The predicted molar refractivity (Wildman–Crippen MR) is 74.8 cm³/mol. The fourth-order valence-electron chi connectivity index (χ4n) is 2.25. The highest BCUT2D eigenvalue weighted by Crippen LogP contribution is 2.22. The first-order valence-electron chi connectivity index (χ1n) is 6.39.